The number of quaternary nitrogens is 1. The number of carbonyl (C=O) groups is 1. The Labute approximate surface area is 153 Å². The zero-order valence-electron chi connectivity index (χ0n) is 15.2. The van der Waals surface area contributed by atoms with Gasteiger partial charge in [0.15, 0.2) is 17.6 Å². The maximum Gasteiger partial charge on any atom is 0.282 e. The van der Waals surface area contributed by atoms with Crippen LogP contribution < -0.4 is 15.0 Å². The number of hydrogen-bond donors (Lipinski definition) is 2. The SMILES string of the molecule is CC[NH+](Cc1ccc(OC)c(F)c1)[C@H](C)C(=O)Nc1ccccc1C#N. The van der Waals surface area contributed by atoms with Crippen molar-refractivity contribution in [2.75, 3.05) is 19.0 Å². The van der Waals surface area contributed by atoms with E-state index < -0.39 is 5.82 Å². The number of ether oxygens (including phenoxy) is 1. The molecule has 0 aliphatic carbocycles. The van der Waals surface area contributed by atoms with Gasteiger partial charge in [0.2, 0.25) is 0 Å². The molecule has 0 aliphatic rings. The van der Waals surface area contributed by atoms with Crippen molar-refractivity contribution in [1.82, 2.24) is 0 Å². The van der Waals surface area contributed by atoms with Gasteiger partial charge in [-0.15, -0.1) is 0 Å². The molecular weight excluding hydrogens is 333 g/mol. The van der Waals surface area contributed by atoms with Gasteiger partial charge in [-0.1, -0.05) is 12.1 Å². The molecule has 0 heterocycles. The number of nitriles is 1. The molecule has 0 aromatic heterocycles. The number of methoxy groups -OCH3 is 1. The molecule has 0 bridgehead atoms. The lowest BCUT2D eigenvalue weighted by molar-refractivity contribution is -0.925. The summed E-state index contributed by atoms with van der Waals surface area (Å²) in [6.45, 7) is 5.00. The second-order valence-electron chi connectivity index (χ2n) is 6.03. The van der Waals surface area contributed by atoms with E-state index >= 15 is 0 Å². The fourth-order valence-electron chi connectivity index (χ4n) is 2.78. The Morgan fingerprint density at radius 2 is 2.08 bits per heavy atom. The molecule has 0 saturated carbocycles. The van der Waals surface area contributed by atoms with E-state index in [1.54, 1.807) is 36.4 Å². The number of halogens is 1. The van der Waals surface area contributed by atoms with Gasteiger partial charge < -0.3 is 15.0 Å². The first-order valence-electron chi connectivity index (χ1n) is 8.47. The normalized spacial score (nSPS) is 12.7. The third-order valence-electron chi connectivity index (χ3n) is 4.41. The quantitative estimate of drug-likeness (QED) is 0.799. The molecule has 0 saturated heterocycles. The highest BCUT2D eigenvalue weighted by atomic mass is 19.1. The smallest absolute Gasteiger partial charge is 0.282 e. The van der Waals surface area contributed by atoms with Crippen molar-refractivity contribution in [3.05, 3.63) is 59.4 Å². The van der Waals surface area contributed by atoms with Gasteiger partial charge in [0.25, 0.3) is 5.91 Å². The Morgan fingerprint density at radius 3 is 2.69 bits per heavy atom. The predicted molar refractivity (Wildman–Crippen MR) is 97.4 cm³/mol. The minimum absolute atomic E-state index is 0.182. The summed E-state index contributed by atoms with van der Waals surface area (Å²) in [6, 6.07) is 13.4. The topological polar surface area (TPSA) is 66.6 Å². The largest absolute Gasteiger partial charge is 0.494 e. The third-order valence-corrected chi connectivity index (χ3v) is 4.41. The van der Waals surface area contributed by atoms with Crippen LogP contribution in [-0.2, 0) is 11.3 Å². The standard InChI is InChI=1S/C20H22FN3O2/c1-4-24(13-15-9-10-19(26-3)17(21)11-15)14(2)20(25)23-18-8-6-5-7-16(18)12-22/h5-11,14H,4,13H2,1-3H3,(H,23,25)/p+1/t14-/m1/s1. The van der Waals surface area contributed by atoms with Gasteiger partial charge in [-0.2, -0.15) is 5.26 Å². The Morgan fingerprint density at radius 1 is 1.35 bits per heavy atom. The van der Waals surface area contributed by atoms with Crippen molar-refractivity contribution in [2.45, 2.75) is 26.4 Å². The van der Waals surface area contributed by atoms with Crippen LogP contribution in [0.4, 0.5) is 10.1 Å². The van der Waals surface area contributed by atoms with Crippen molar-refractivity contribution < 1.29 is 18.8 Å². The van der Waals surface area contributed by atoms with Gasteiger partial charge in [-0.3, -0.25) is 4.79 Å². The molecule has 2 rings (SSSR count). The highest BCUT2D eigenvalue weighted by Gasteiger charge is 2.25. The number of hydrogen-bond acceptors (Lipinski definition) is 3. The number of para-hydroxylation sites is 1. The molecule has 5 nitrogen and oxygen atoms in total. The van der Waals surface area contributed by atoms with Crippen LogP contribution in [0.25, 0.3) is 0 Å². The van der Waals surface area contributed by atoms with Gasteiger partial charge in [0.05, 0.1) is 24.9 Å². The summed E-state index contributed by atoms with van der Waals surface area (Å²) >= 11 is 0. The zero-order chi connectivity index (χ0) is 19.1. The minimum atomic E-state index is -0.416. The van der Waals surface area contributed by atoms with Crippen LogP contribution in [0, 0.1) is 17.1 Å². The van der Waals surface area contributed by atoms with Crippen molar-refractivity contribution >= 4 is 11.6 Å². The van der Waals surface area contributed by atoms with Crippen LogP contribution in [-0.4, -0.2) is 25.6 Å². The molecule has 0 spiro atoms. The number of amides is 1. The monoisotopic (exact) mass is 356 g/mol. The van der Waals surface area contributed by atoms with Gasteiger partial charge >= 0.3 is 0 Å². The first kappa shape index (κ1) is 19.4. The molecule has 2 atom stereocenters. The lowest BCUT2D eigenvalue weighted by atomic mass is 10.1. The highest BCUT2D eigenvalue weighted by molar-refractivity contribution is 5.94. The molecule has 0 radical (unpaired) electrons. The maximum atomic E-state index is 13.9. The fraction of sp³-hybridized carbons (Fsp3) is 0.300. The molecule has 26 heavy (non-hydrogen) atoms. The Hall–Kier alpha value is -2.91. The number of benzene rings is 2. The summed E-state index contributed by atoms with van der Waals surface area (Å²) < 4.78 is 18.8. The maximum absolute atomic E-state index is 13.9. The number of anilines is 1. The average molecular weight is 356 g/mol. The summed E-state index contributed by atoms with van der Waals surface area (Å²) in [7, 11) is 1.42. The number of likely N-dealkylation sites (N-methyl/N-ethyl adjacent to an activating group) is 1. The van der Waals surface area contributed by atoms with Gasteiger partial charge in [-0.25, -0.2) is 4.39 Å². The second-order valence-corrected chi connectivity index (χ2v) is 6.03. The van der Waals surface area contributed by atoms with Crippen LogP contribution in [0.5, 0.6) is 5.75 Å². The van der Waals surface area contributed by atoms with E-state index in [0.717, 1.165) is 10.5 Å². The number of nitrogens with one attached hydrogen (secondary N) is 2. The fourth-order valence-corrected chi connectivity index (χ4v) is 2.78. The molecular formula is C20H23FN3O2+. The molecule has 136 valence electrons. The van der Waals surface area contributed by atoms with Gasteiger partial charge in [0.1, 0.15) is 12.6 Å². The number of carbonyl (C=O) groups excluding carboxylic acids is 1. The van der Waals surface area contributed by atoms with Gasteiger partial charge in [-0.05, 0) is 44.2 Å². The first-order chi connectivity index (χ1) is 12.5. The van der Waals surface area contributed by atoms with E-state index in [4.69, 9.17) is 10.00 Å². The third kappa shape index (κ3) is 4.58. The molecule has 2 aromatic carbocycles. The van der Waals surface area contributed by atoms with E-state index in [0.29, 0.717) is 24.3 Å². The molecule has 6 heteroatoms. The first-order valence-corrected chi connectivity index (χ1v) is 8.47. The highest BCUT2D eigenvalue weighted by Crippen LogP contribution is 2.17. The summed E-state index contributed by atoms with van der Waals surface area (Å²) in [4.78, 5) is 13.6. The molecule has 1 amide bonds. The van der Waals surface area contributed by atoms with E-state index in [9.17, 15) is 9.18 Å². The number of nitrogens with zero attached hydrogens (tertiary/aromatic N) is 1. The summed E-state index contributed by atoms with van der Waals surface area (Å²) in [5, 5.41) is 12.0. The van der Waals surface area contributed by atoms with E-state index in [1.807, 2.05) is 13.8 Å². The average Bonchev–Trinajstić information content (AvgIpc) is 2.66. The van der Waals surface area contributed by atoms with Crippen molar-refractivity contribution in [2.24, 2.45) is 0 Å². The van der Waals surface area contributed by atoms with E-state index in [1.165, 1.54) is 13.2 Å². The van der Waals surface area contributed by atoms with Crippen molar-refractivity contribution in [1.29, 1.82) is 5.26 Å². The zero-order valence-corrected chi connectivity index (χ0v) is 15.2. The minimum Gasteiger partial charge on any atom is -0.494 e. The van der Waals surface area contributed by atoms with Crippen molar-refractivity contribution in [3.63, 3.8) is 0 Å². The lowest BCUT2D eigenvalue weighted by Crippen LogP contribution is -3.15. The molecule has 2 N–H and O–H groups in total. The number of rotatable bonds is 7. The van der Waals surface area contributed by atoms with Crippen LogP contribution in [0.1, 0.15) is 25.0 Å². The Bertz CT molecular complexity index is 817. The lowest BCUT2D eigenvalue weighted by Gasteiger charge is -2.24. The van der Waals surface area contributed by atoms with Crippen LogP contribution in [0.2, 0.25) is 0 Å². The van der Waals surface area contributed by atoms with E-state index in [2.05, 4.69) is 11.4 Å². The molecule has 2 aromatic rings. The van der Waals surface area contributed by atoms with Crippen LogP contribution in [0.15, 0.2) is 42.5 Å². The van der Waals surface area contributed by atoms with Crippen LogP contribution >= 0.6 is 0 Å². The molecule has 0 fully saturated rings. The van der Waals surface area contributed by atoms with Gasteiger partial charge in [0, 0.05) is 5.56 Å². The summed E-state index contributed by atoms with van der Waals surface area (Å²) in [5.41, 5.74) is 1.71. The summed E-state index contributed by atoms with van der Waals surface area (Å²) in [6.07, 6.45) is 0. The van der Waals surface area contributed by atoms with Crippen molar-refractivity contribution in [3.8, 4) is 11.8 Å². The van der Waals surface area contributed by atoms with E-state index in [-0.39, 0.29) is 17.7 Å². The molecule has 1 unspecified atom stereocenters. The molecule has 0 aliphatic heterocycles. The summed E-state index contributed by atoms with van der Waals surface area (Å²) in [5.74, 6) is -0.398. The predicted octanol–water partition coefficient (Wildman–Crippen LogP) is 2.14. The Kier molecular flexibility index (Phi) is 6.70. The van der Waals surface area contributed by atoms with Crippen LogP contribution in [0.3, 0.4) is 0 Å². The second kappa shape index (κ2) is 8.97. The Balaban J connectivity index is 2.10.